The maximum atomic E-state index is 12.6. The van der Waals surface area contributed by atoms with Gasteiger partial charge in [-0.2, -0.15) is 0 Å². The second-order valence-corrected chi connectivity index (χ2v) is 6.06. The zero-order valence-corrected chi connectivity index (χ0v) is 12.4. The Morgan fingerprint density at radius 1 is 1.63 bits per heavy atom. The van der Waals surface area contributed by atoms with Crippen LogP contribution >= 0.6 is 12.2 Å². The lowest BCUT2D eigenvalue weighted by Gasteiger charge is -2.46. The first kappa shape index (κ1) is 14.1. The van der Waals surface area contributed by atoms with Crippen molar-refractivity contribution in [2.24, 2.45) is 17.1 Å². The number of carbonyl (C=O) groups is 1. The van der Waals surface area contributed by atoms with Crippen LogP contribution in [-0.2, 0) is 11.3 Å². The average Bonchev–Trinajstić information content (AvgIpc) is 2.69. The van der Waals surface area contributed by atoms with Gasteiger partial charge in [0.2, 0.25) is 5.91 Å². The van der Waals surface area contributed by atoms with Gasteiger partial charge in [-0.3, -0.25) is 4.79 Å². The Morgan fingerprint density at radius 2 is 2.26 bits per heavy atom. The monoisotopic (exact) mass is 280 g/mol. The van der Waals surface area contributed by atoms with Gasteiger partial charge in [0.25, 0.3) is 0 Å². The Bertz CT molecular complexity index is 503. The van der Waals surface area contributed by atoms with E-state index in [0.29, 0.717) is 17.5 Å². The molecule has 0 saturated heterocycles. The van der Waals surface area contributed by atoms with Crippen molar-refractivity contribution in [1.29, 1.82) is 0 Å². The Kier molecular flexibility index (Phi) is 3.67. The van der Waals surface area contributed by atoms with Gasteiger partial charge < -0.3 is 15.1 Å². The highest BCUT2D eigenvalue weighted by atomic mass is 32.1. The van der Waals surface area contributed by atoms with Crippen LogP contribution in [-0.4, -0.2) is 22.8 Å². The van der Waals surface area contributed by atoms with Gasteiger partial charge in [-0.05, 0) is 31.7 Å². The predicted molar refractivity (Wildman–Crippen MR) is 77.5 cm³/mol. The minimum Gasteiger partial charge on any atom is -0.469 e. The molecule has 0 atom stereocenters. The molecule has 0 aromatic carbocycles. The molecule has 1 aliphatic rings. The second-order valence-electron chi connectivity index (χ2n) is 5.62. The van der Waals surface area contributed by atoms with E-state index in [9.17, 15) is 4.79 Å². The molecule has 0 bridgehead atoms. The maximum Gasteiger partial charge on any atom is 0.235 e. The number of rotatable bonds is 4. The van der Waals surface area contributed by atoms with Crippen LogP contribution in [0.5, 0.6) is 0 Å². The number of thiocarbonyl (C=S) groups is 1. The van der Waals surface area contributed by atoms with E-state index in [1.165, 1.54) is 0 Å². The van der Waals surface area contributed by atoms with Crippen LogP contribution in [0.15, 0.2) is 16.7 Å². The quantitative estimate of drug-likeness (QED) is 0.859. The van der Waals surface area contributed by atoms with E-state index < -0.39 is 5.41 Å². The third-order valence-corrected chi connectivity index (χ3v) is 4.39. The smallest absolute Gasteiger partial charge is 0.235 e. The summed E-state index contributed by atoms with van der Waals surface area (Å²) < 4.78 is 5.25. The molecule has 0 radical (unpaired) electrons. The Labute approximate surface area is 118 Å². The molecule has 2 N–H and O–H groups in total. The molecule has 2 rings (SSSR count). The number of carbonyl (C=O) groups excluding carboxylic acids is 1. The SMILES string of the molecule is Cc1occc1CN(C)C(=O)C1(C(N)=S)CC(C)C1. The van der Waals surface area contributed by atoms with Crippen molar-refractivity contribution in [3.63, 3.8) is 0 Å². The lowest BCUT2D eigenvalue weighted by atomic mass is 9.61. The number of amides is 1. The van der Waals surface area contributed by atoms with E-state index in [2.05, 4.69) is 6.92 Å². The van der Waals surface area contributed by atoms with Gasteiger partial charge in [0.05, 0.1) is 16.7 Å². The van der Waals surface area contributed by atoms with E-state index in [-0.39, 0.29) is 5.91 Å². The maximum absolute atomic E-state index is 12.6. The molecule has 1 saturated carbocycles. The standard InChI is InChI=1S/C14H20N2O2S/c1-9-6-14(7-9,12(15)19)13(17)16(3)8-11-4-5-18-10(11)2/h4-5,9H,6-8H2,1-3H3,(H2,15,19). The Morgan fingerprint density at radius 3 is 2.68 bits per heavy atom. The topological polar surface area (TPSA) is 59.5 Å². The van der Waals surface area contributed by atoms with Crippen LogP contribution in [0, 0.1) is 18.3 Å². The number of nitrogens with two attached hydrogens (primary N) is 1. The van der Waals surface area contributed by atoms with Crippen molar-refractivity contribution in [3.8, 4) is 0 Å². The van der Waals surface area contributed by atoms with Crippen LogP contribution in [0.4, 0.5) is 0 Å². The van der Waals surface area contributed by atoms with Crippen LogP contribution in [0.2, 0.25) is 0 Å². The van der Waals surface area contributed by atoms with Gasteiger partial charge in [0, 0.05) is 19.2 Å². The normalized spacial score (nSPS) is 25.7. The van der Waals surface area contributed by atoms with Crippen molar-refractivity contribution in [2.45, 2.75) is 33.2 Å². The third-order valence-electron chi connectivity index (χ3n) is 4.00. The number of nitrogens with zero attached hydrogens (tertiary/aromatic N) is 1. The van der Waals surface area contributed by atoms with E-state index >= 15 is 0 Å². The third kappa shape index (κ3) is 2.39. The fourth-order valence-corrected chi connectivity index (χ4v) is 3.13. The summed E-state index contributed by atoms with van der Waals surface area (Å²) in [6.07, 6.45) is 3.16. The van der Waals surface area contributed by atoms with Gasteiger partial charge in [-0.1, -0.05) is 19.1 Å². The largest absolute Gasteiger partial charge is 0.469 e. The van der Waals surface area contributed by atoms with Crippen LogP contribution < -0.4 is 5.73 Å². The molecule has 0 spiro atoms. The lowest BCUT2D eigenvalue weighted by Crippen LogP contribution is -2.56. The van der Waals surface area contributed by atoms with Crippen molar-refractivity contribution in [3.05, 3.63) is 23.7 Å². The van der Waals surface area contributed by atoms with Gasteiger partial charge in [-0.25, -0.2) is 0 Å². The minimum atomic E-state index is -0.624. The van der Waals surface area contributed by atoms with Crippen LogP contribution in [0.3, 0.4) is 0 Å². The molecule has 104 valence electrons. The first-order valence-electron chi connectivity index (χ1n) is 6.45. The van der Waals surface area contributed by atoms with Crippen molar-refractivity contribution >= 4 is 23.1 Å². The van der Waals surface area contributed by atoms with E-state index in [0.717, 1.165) is 24.2 Å². The molecular weight excluding hydrogens is 260 g/mol. The van der Waals surface area contributed by atoms with E-state index in [1.807, 2.05) is 13.0 Å². The number of hydrogen-bond acceptors (Lipinski definition) is 3. The van der Waals surface area contributed by atoms with Gasteiger partial charge >= 0.3 is 0 Å². The summed E-state index contributed by atoms with van der Waals surface area (Å²) in [6, 6.07) is 1.88. The summed E-state index contributed by atoms with van der Waals surface area (Å²) in [5, 5.41) is 0. The number of aryl methyl sites for hydroxylation is 1. The van der Waals surface area contributed by atoms with Crippen LogP contribution in [0.25, 0.3) is 0 Å². The van der Waals surface area contributed by atoms with E-state index in [1.54, 1.807) is 18.2 Å². The molecule has 1 aromatic heterocycles. The van der Waals surface area contributed by atoms with Crippen molar-refractivity contribution in [2.75, 3.05) is 7.05 Å². The Hall–Kier alpha value is -1.36. The zero-order chi connectivity index (χ0) is 14.2. The lowest BCUT2D eigenvalue weighted by molar-refractivity contribution is -0.143. The molecule has 0 aliphatic heterocycles. The first-order chi connectivity index (χ1) is 8.86. The highest BCUT2D eigenvalue weighted by Crippen LogP contribution is 2.47. The highest BCUT2D eigenvalue weighted by Gasteiger charge is 2.51. The molecule has 4 nitrogen and oxygen atoms in total. The molecule has 5 heteroatoms. The van der Waals surface area contributed by atoms with Gasteiger partial charge in [0.15, 0.2) is 0 Å². The summed E-state index contributed by atoms with van der Waals surface area (Å²) in [4.78, 5) is 14.6. The summed E-state index contributed by atoms with van der Waals surface area (Å²) in [5.74, 6) is 1.37. The number of furan rings is 1. The Balaban J connectivity index is 2.10. The molecule has 1 heterocycles. The average molecular weight is 280 g/mol. The zero-order valence-electron chi connectivity index (χ0n) is 11.6. The van der Waals surface area contributed by atoms with Crippen molar-refractivity contribution < 1.29 is 9.21 Å². The highest BCUT2D eigenvalue weighted by molar-refractivity contribution is 7.80. The summed E-state index contributed by atoms with van der Waals surface area (Å²) >= 11 is 5.11. The summed E-state index contributed by atoms with van der Waals surface area (Å²) in [7, 11) is 1.79. The minimum absolute atomic E-state index is 0.0266. The van der Waals surface area contributed by atoms with Crippen molar-refractivity contribution in [1.82, 2.24) is 4.90 Å². The molecular formula is C14H20N2O2S. The van der Waals surface area contributed by atoms with E-state index in [4.69, 9.17) is 22.4 Å². The van der Waals surface area contributed by atoms with Gasteiger partial charge in [0.1, 0.15) is 5.76 Å². The summed E-state index contributed by atoms with van der Waals surface area (Å²) in [6.45, 7) is 4.53. The van der Waals surface area contributed by atoms with Crippen LogP contribution in [0.1, 0.15) is 31.1 Å². The second kappa shape index (κ2) is 4.96. The van der Waals surface area contributed by atoms with Gasteiger partial charge in [-0.15, -0.1) is 0 Å². The predicted octanol–water partition coefficient (Wildman–Crippen LogP) is 2.25. The fourth-order valence-electron chi connectivity index (χ4n) is 2.88. The fraction of sp³-hybridized carbons (Fsp3) is 0.571. The number of hydrogen-bond donors (Lipinski definition) is 1. The molecule has 1 amide bonds. The first-order valence-corrected chi connectivity index (χ1v) is 6.86. The summed E-state index contributed by atoms with van der Waals surface area (Å²) in [5.41, 5.74) is 6.19. The molecule has 1 aromatic rings. The molecule has 0 unspecified atom stereocenters. The molecule has 1 fully saturated rings. The molecule has 1 aliphatic carbocycles. The molecule has 19 heavy (non-hydrogen) atoms.